The SMILES string of the molecule is c1ccc(-c2cccc(-c3c4ccccc4c(-c4ccccc4)c4c3cnc3ccccc34)c2)cc1. The van der Waals surface area contributed by atoms with Gasteiger partial charge in [-0.3, -0.25) is 4.98 Å². The van der Waals surface area contributed by atoms with Gasteiger partial charge in [0.15, 0.2) is 0 Å². The lowest BCUT2D eigenvalue weighted by Gasteiger charge is -2.19. The van der Waals surface area contributed by atoms with E-state index >= 15 is 0 Å². The average molecular weight is 458 g/mol. The van der Waals surface area contributed by atoms with Crippen molar-refractivity contribution in [3.63, 3.8) is 0 Å². The Labute approximate surface area is 210 Å². The zero-order chi connectivity index (χ0) is 23.9. The fourth-order valence-electron chi connectivity index (χ4n) is 5.50. The Bertz CT molecular complexity index is 1870. The van der Waals surface area contributed by atoms with Crippen LogP contribution in [0.2, 0.25) is 0 Å². The van der Waals surface area contributed by atoms with Crippen LogP contribution in [0, 0.1) is 0 Å². The number of fused-ring (bicyclic) bond motifs is 4. The molecule has 1 heteroatoms. The maximum Gasteiger partial charge on any atom is 0.0708 e. The molecule has 7 aromatic rings. The Morgan fingerprint density at radius 3 is 1.67 bits per heavy atom. The molecular weight excluding hydrogens is 434 g/mol. The summed E-state index contributed by atoms with van der Waals surface area (Å²) in [5.41, 5.74) is 8.37. The highest BCUT2D eigenvalue weighted by Gasteiger charge is 2.19. The van der Waals surface area contributed by atoms with E-state index in [2.05, 4.69) is 140 Å². The van der Waals surface area contributed by atoms with Gasteiger partial charge in [0.25, 0.3) is 0 Å². The third-order valence-electron chi connectivity index (χ3n) is 7.08. The number of hydrogen-bond donors (Lipinski definition) is 0. The molecule has 7 rings (SSSR count). The van der Waals surface area contributed by atoms with Gasteiger partial charge in [-0.15, -0.1) is 0 Å². The second-order valence-corrected chi connectivity index (χ2v) is 9.17. The highest BCUT2D eigenvalue weighted by molar-refractivity contribution is 6.27. The first kappa shape index (κ1) is 20.6. The van der Waals surface area contributed by atoms with E-state index in [1.165, 1.54) is 60.3 Å². The molecule has 36 heavy (non-hydrogen) atoms. The lowest BCUT2D eigenvalue weighted by atomic mass is 9.85. The molecular formula is C35H23N. The number of hydrogen-bond acceptors (Lipinski definition) is 1. The number of aromatic nitrogens is 1. The summed E-state index contributed by atoms with van der Waals surface area (Å²) < 4.78 is 0. The highest BCUT2D eigenvalue weighted by Crippen LogP contribution is 2.45. The maximum absolute atomic E-state index is 4.92. The van der Waals surface area contributed by atoms with Crippen molar-refractivity contribution in [2.24, 2.45) is 0 Å². The molecule has 0 aliphatic heterocycles. The maximum atomic E-state index is 4.92. The Morgan fingerprint density at radius 1 is 0.361 bits per heavy atom. The van der Waals surface area contributed by atoms with Crippen LogP contribution in [0.3, 0.4) is 0 Å². The average Bonchev–Trinajstić information content (AvgIpc) is 2.96. The van der Waals surface area contributed by atoms with Crippen LogP contribution in [0.1, 0.15) is 0 Å². The fourth-order valence-corrected chi connectivity index (χ4v) is 5.50. The lowest BCUT2D eigenvalue weighted by Crippen LogP contribution is -1.93. The predicted molar refractivity (Wildman–Crippen MR) is 153 cm³/mol. The number of nitrogens with zero attached hydrogens (tertiary/aromatic N) is 1. The highest BCUT2D eigenvalue weighted by atomic mass is 14.6. The molecule has 1 nitrogen and oxygen atoms in total. The minimum atomic E-state index is 1.02. The second kappa shape index (κ2) is 8.48. The summed E-state index contributed by atoms with van der Waals surface area (Å²) in [7, 11) is 0. The predicted octanol–water partition coefficient (Wildman–Crippen LogP) is 9.54. The normalized spacial score (nSPS) is 11.3. The number of benzene rings is 6. The Morgan fingerprint density at radius 2 is 0.917 bits per heavy atom. The molecule has 0 aliphatic rings. The summed E-state index contributed by atoms with van der Waals surface area (Å²) in [6.07, 6.45) is 2.07. The van der Waals surface area contributed by atoms with E-state index in [0.717, 1.165) is 5.52 Å². The van der Waals surface area contributed by atoms with Gasteiger partial charge in [0.05, 0.1) is 5.52 Å². The topological polar surface area (TPSA) is 12.9 Å². The van der Waals surface area contributed by atoms with Crippen molar-refractivity contribution in [1.82, 2.24) is 4.98 Å². The van der Waals surface area contributed by atoms with Gasteiger partial charge in [0.2, 0.25) is 0 Å². The van der Waals surface area contributed by atoms with E-state index in [0.29, 0.717) is 0 Å². The van der Waals surface area contributed by atoms with Crippen LogP contribution in [0.5, 0.6) is 0 Å². The summed E-state index contributed by atoms with van der Waals surface area (Å²) >= 11 is 0. The van der Waals surface area contributed by atoms with Gasteiger partial charge in [0, 0.05) is 22.4 Å². The Kier molecular flexibility index (Phi) is 4.85. The van der Waals surface area contributed by atoms with Gasteiger partial charge in [-0.1, -0.05) is 121 Å². The van der Waals surface area contributed by atoms with Crippen molar-refractivity contribution >= 4 is 32.4 Å². The third-order valence-corrected chi connectivity index (χ3v) is 7.08. The first-order valence-electron chi connectivity index (χ1n) is 12.3. The van der Waals surface area contributed by atoms with E-state index in [-0.39, 0.29) is 0 Å². The molecule has 168 valence electrons. The van der Waals surface area contributed by atoms with Crippen molar-refractivity contribution in [3.05, 3.63) is 140 Å². The fraction of sp³-hybridized carbons (Fsp3) is 0. The second-order valence-electron chi connectivity index (χ2n) is 9.17. The first-order chi connectivity index (χ1) is 17.9. The van der Waals surface area contributed by atoms with Crippen molar-refractivity contribution in [1.29, 1.82) is 0 Å². The molecule has 0 saturated heterocycles. The lowest BCUT2D eigenvalue weighted by molar-refractivity contribution is 1.45. The van der Waals surface area contributed by atoms with Crippen LogP contribution in [0.25, 0.3) is 65.8 Å². The van der Waals surface area contributed by atoms with Gasteiger partial charge in [0.1, 0.15) is 0 Å². The standard InChI is InChI=1S/C35H23N/c1-3-12-24(13-4-1)26-16-11-17-27(22-26)33-28-18-7-8-19-29(28)34(25-14-5-2-6-15-25)35-30-20-9-10-21-32(30)36-23-31(33)35/h1-23H. The molecule has 1 heterocycles. The molecule has 0 bridgehead atoms. The van der Waals surface area contributed by atoms with Crippen LogP contribution < -0.4 is 0 Å². The number of rotatable bonds is 3. The largest absolute Gasteiger partial charge is 0.256 e. The summed E-state index contributed by atoms with van der Waals surface area (Å²) in [6, 6.07) is 47.5. The van der Waals surface area contributed by atoms with Crippen LogP contribution in [0.15, 0.2) is 140 Å². The van der Waals surface area contributed by atoms with Crippen molar-refractivity contribution < 1.29 is 0 Å². The van der Waals surface area contributed by atoms with E-state index in [1.807, 2.05) is 0 Å². The van der Waals surface area contributed by atoms with Gasteiger partial charge in [-0.25, -0.2) is 0 Å². The minimum Gasteiger partial charge on any atom is -0.256 e. The van der Waals surface area contributed by atoms with E-state index in [9.17, 15) is 0 Å². The zero-order valence-electron chi connectivity index (χ0n) is 19.7. The summed E-state index contributed by atoms with van der Waals surface area (Å²) in [5, 5.41) is 6.11. The summed E-state index contributed by atoms with van der Waals surface area (Å²) in [4.78, 5) is 4.92. The molecule has 0 N–H and O–H groups in total. The Balaban J connectivity index is 1.66. The summed E-state index contributed by atoms with van der Waals surface area (Å²) in [5.74, 6) is 0. The van der Waals surface area contributed by atoms with Gasteiger partial charge in [-0.2, -0.15) is 0 Å². The van der Waals surface area contributed by atoms with E-state index < -0.39 is 0 Å². The quantitative estimate of drug-likeness (QED) is 0.190. The molecule has 0 amide bonds. The molecule has 0 saturated carbocycles. The Hall–Kier alpha value is -4.75. The molecule has 6 aromatic carbocycles. The van der Waals surface area contributed by atoms with Crippen molar-refractivity contribution in [2.45, 2.75) is 0 Å². The first-order valence-corrected chi connectivity index (χ1v) is 12.3. The number of para-hydroxylation sites is 1. The summed E-state index contributed by atoms with van der Waals surface area (Å²) in [6.45, 7) is 0. The van der Waals surface area contributed by atoms with Crippen molar-refractivity contribution in [2.75, 3.05) is 0 Å². The van der Waals surface area contributed by atoms with Crippen LogP contribution >= 0.6 is 0 Å². The van der Waals surface area contributed by atoms with Crippen molar-refractivity contribution in [3.8, 4) is 33.4 Å². The van der Waals surface area contributed by atoms with Gasteiger partial charge < -0.3 is 0 Å². The smallest absolute Gasteiger partial charge is 0.0708 e. The number of pyridine rings is 1. The minimum absolute atomic E-state index is 1.02. The van der Waals surface area contributed by atoms with Crippen LogP contribution in [-0.4, -0.2) is 4.98 Å². The van der Waals surface area contributed by atoms with Gasteiger partial charge >= 0.3 is 0 Å². The van der Waals surface area contributed by atoms with Crippen LogP contribution in [-0.2, 0) is 0 Å². The molecule has 0 spiro atoms. The molecule has 0 radical (unpaired) electrons. The molecule has 1 aromatic heterocycles. The molecule has 0 fully saturated rings. The molecule has 0 atom stereocenters. The molecule has 0 unspecified atom stereocenters. The van der Waals surface area contributed by atoms with E-state index in [4.69, 9.17) is 4.98 Å². The monoisotopic (exact) mass is 457 g/mol. The third kappa shape index (κ3) is 3.29. The van der Waals surface area contributed by atoms with Gasteiger partial charge in [-0.05, 0) is 56.3 Å². The van der Waals surface area contributed by atoms with Crippen LogP contribution in [0.4, 0.5) is 0 Å². The van der Waals surface area contributed by atoms with E-state index in [1.54, 1.807) is 0 Å². The molecule has 0 aliphatic carbocycles. The zero-order valence-corrected chi connectivity index (χ0v) is 19.7.